The molecule has 1 aromatic carbocycles. The topological polar surface area (TPSA) is 49.3 Å². The highest BCUT2D eigenvalue weighted by atomic mass is 16.2. The normalized spacial score (nSPS) is 25.0. The van der Waals surface area contributed by atoms with Crippen LogP contribution in [-0.4, -0.2) is 48.1 Å². The monoisotopic (exact) mass is 338 g/mol. The molecule has 1 aromatic heterocycles. The van der Waals surface area contributed by atoms with Gasteiger partial charge in [0.1, 0.15) is 5.69 Å². The molecule has 0 unspecified atom stereocenters. The fourth-order valence-corrected chi connectivity index (χ4v) is 4.23. The van der Waals surface area contributed by atoms with Crippen molar-refractivity contribution in [2.24, 2.45) is 13.0 Å². The highest BCUT2D eigenvalue weighted by molar-refractivity contribution is 5.94. The van der Waals surface area contributed by atoms with Crippen LogP contribution < -0.4 is 10.6 Å². The number of amides is 1. The molecule has 3 aliphatic heterocycles. The summed E-state index contributed by atoms with van der Waals surface area (Å²) in [4.78, 5) is 15.3. The lowest BCUT2D eigenvalue weighted by Gasteiger charge is -2.44. The van der Waals surface area contributed by atoms with E-state index in [1.54, 1.807) is 0 Å². The van der Waals surface area contributed by atoms with Crippen LogP contribution in [0.3, 0.4) is 0 Å². The van der Waals surface area contributed by atoms with Gasteiger partial charge in [0.05, 0.1) is 0 Å². The van der Waals surface area contributed by atoms with Gasteiger partial charge in [-0.2, -0.15) is 0 Å². The highest BCUT2D eigenvalue weighted by Gasteiger charge is 2.35. The summed E-state index contributed by atoms with van der Waals surface area (Å²) in [6, 6.07) is 12.5. The molecule has 2 N–H and O–H groups in total. The number of hydrogen-bond acceptors (Lipinski definition) is 3. The predicted molar refractivity (Wildman–Crippen MR) is 101 cm³/mol. The second-order valence-electron chi connectivity index (χ2n) is 7.21. The van der Waals surface area contributed by atoms with Gasteiger partial charge in [0.15, 0.2) is 0 Å². The molecule has 1 atom stereocenters. The van der Waals surface area contributed by atoms with E-state index in [0.717, 1.165) is 29.2 Å². The van der Waals surface area contributed by atoms with Gasteiger partial charge in [-0.1, -0.05) is 12.1 Å². The van der Waals surface area contributed by atoms with Crippen LogP contribution in [0.2, 0.25) is 0 Å². The first-order valence-electron chi connectivity index (χ1n) is 9.13. The molecule has 5 nitrogen and oxygen atoms in total. The quantitative estimate of drug-likeness (QED) is 0.901. The molecule has 5 heteroatoms. The number of carbonyl (C=O) groups is 1. The first-order chi connectivity index (χ1) is 12.2. The van der Waals surface area contributed by atoms with Gasteiger partial charge in [0, 0.05) is 43.6 Å². The molecular weight excluding hydrogens is 312 g/mol. The number of hydrogen-bond donors (Lipinski definition) is 2. The molecule has 0 spiro atoms. The van der Waals surface area contributed by atoms with Crippen LogP contribution in [-0.2, 0) is 7.05 Å². The van der Waals surface area contributed by atoms with Crippen molar-refractivity contribution in [1.29, 1.82) is 0 Å². The molecule has 3 aliphatic rings. The van der Waals surface area contributed by atoms with Crippen molar-refractivity contribution < 1.29 is 4.79 Å². The smallest absolute Gasteiger partial charge is 0.268 e. The maximum Gasteiger partial charge on any atom is 0.268 e. The first kappa shape index (κ1) is 16.2. The van der Waals surface area contributed by atoms with Gasteiger partial charge in [0.25, 0.3) is 5.91 Å². The van der Waals surface area contributed by atoms with Crippen molar-refractivity contribution in [3.8, 4) is 11.3 Å². The van der Waals surface area contributed by atoms with Gasteiger partial charge in [-0.3, -0.25) is 4.79 Å². The fraction of sp³-hybridized carbons (Fsp3) is 0.450. The third-order valence-corrected chi connectivity index (χ3v) is 5.77. The van der Waals surface area contributed by atoms with Crippen molar-refractivity contribution in [3.63, 3.8) is 0 Å². The summed E-state index contributed by atoms with van der Waals surface area (Å²) in [5.74, 6) is 0.679. The van der Waals surface area contributed by atoms with Crippen molar-refractivity contribution in [3.05, 3.63) is 42.1 Å². The molecule has 1 amide bonds. The van der Waals surface area contributed by atoms with E-state index in [-0.39, 0.29) is 5.91 Å². The molecule has 3 fully saturated rings. The minimum Gasteiger partial charge on any atom is -0.388 e. The number of aromatic nitrogens is 1. The van der Waals surface area contributed by atoms with Crippen molar-refractivity contribution >= 4 is 11.6 Å². The Bertz CT molecular complexity index is 774. The third-order valence-electron chi connectivity index (χ3n) is 5.77. The number of anilines is 1. The lowest BCUT2D eigenvalue weighted by Crippen LogP contribution is -2.57. The average Bonchev–Trinajstić information content (AvgIpc) is 3.04. The number of piperidine rings is 3. The molecule has 2 bridgehead atoms. The molecule has 25 heavy (non-hydrogen) atoms. The average molecular weight is 338 g/mol. The maximum atomic E-state index is 12.8. The third kappa shape index (κ3) is 3.04. The second-order valence-corrected chi connectivity index (χ2v) is 7.21. The van der Waals surface area contributed by atoms with Crippen LogP contribution >= 0.6 is 0 Å². The predicted octanol–water partition coefficient (Wildman–Crippen LogP) is 2.56. The van der Waals surface area contributed by atoms with Crippen LogP contribution in [0.1, 0.15) is 23.3 Å². The zero-order valence-electron chi connectivity index (χ0n) is 15.0. The van der Waals surface area contributed by atoms with Gasteiger partial charge < -0.3 is 20.1 Å². The van der Waals surface area contributed by atoms with Crippen LogP contribution in [0.25, 0.3) is 11.3 Å². The Labute approximate surface area is 149 Å². The lowest BCUT2D eigenvalue weighted by atomic mass is 9.84. The van der Waals surface area contributed by atoms with Gasteiger partial charge in [-0.05, 0) is 56.1 Å². The molecule has 4 heterocycles. The number of rotatable bonds is 4. The Morgan fingerprint density at radius 1 is 1.16 bits per heavy atom. The van der Waals surface area contributed by atoms with E-state index in [1.165, 1.54) is 25.9 Å². The van der Waals surface area contributed by atoms with E-state index in [2.05, 4.69) is 27.7 Å². The summed E-state index contributed by atoms with van der Waals surface area (Å²) in [6.45, 7) is 3.37. The maximum absolute atomic E-state index is 12.8. The molecule has 0 saturated carbocycles. The Morgan fingerprint density at radius 2 is 1.96 bits per heavy atom. The molecule has 0 radical (unpaired) electrons. The van der Waals surface area contributed by atoms with E-state index in [1.807, 2.05) is 42.9 Å². The minimum absolute atomic E-state index is 0.0391. The fourth-order valence-electron chi connectivity index (χ4n) is 4.23. The summed E-state index contributed by atoms with van der Waals surface area (Å²) in [5, 5.41) is 6.44. The van der Waals surface area contributed by atoms with E-state index in [0.29, 0.717) is 12.0 Å². The Hall–Kier alpha value is -2.27. The van der Waals surface area contributed by atoms with E-state index >= 15 is 0 Å². The number of nitrogens with one attached hydrogen (secondary N) is 2. The highest BCUT2D eigenvalue weighted by Crippen LogP contribution is 2.28. The Kier molecular flexibility index (Phi) is 4.25. The molecule has 132 valence electrons. The summed E-state index contributed by atoms with van der Waals surface area (Å²) < 4.78 is 1.99. The van der Waals surface area contributed by atoms with E-state index < -0.39 is 0 Å². The summed E-state index contributed by atoms with van der Waals surface area (Å²) in [6.07, 6.45) is 2.42. The largest absolute Gasteiger partial charge is 0.388 e. The zero-order valence-corrected chi connectivity index (χ0v) is 15.0. The molecule has 3 saturated heterocycles. The van der Waals surface area contributed by atoms with Gasteiger partial charge >= 0.3 is 0 Å². The lowest BCUT2D eigenvalue weighted by molar-refractivity contribution is 0.0616. The number of carbonyl (C=O) groups excluding carboxylic acids is 1. The Balaban J connectivity index is 1.53. The van der Waals surface area contributed by atoms with Crippen LogP contribution in [0.4, 0.5) is 5.69 Å². The van der Waals surface area contributed by atoms with Gasteiger partial charge in [0.2, 0.25) is 0 Å². The standard InChI is InChI=1S/C20H26N4O/c1-21-16-5-3-4-15(12-16)18-6-7-19(23(18)2)20(25)22-17-13-24-10-8-14(17)9-11-24/h3-7,12,14,17,21H,8-11,13H2,1-2H3,(H,22,25)/t17-/m0/s1. The summed E-state index contributed by atoms with van der Waals surface area (Å²) in [7, 11) is 3.88. The summed E-state index contributed by atoms with van der Waals surface area (Å²) in [5.41, 5.74) is 3.95. The van der Waals surface area contributed by atoms with E-state index in [4.69, 9.17) is 0 Å². The molecular formula is C20H26N4O. The van der Waals surface area contributed by atoms with Gasteiger partial charge in [-0.25, -0.2) is 0 Å². The van der Waals surface area contributed by atoms with Crippen molar-refractivity contribution in [2.75, 3.05) is 32.0 Å². The van der Waals surface area contributed by atoms with Crippen molar-refractivity contribution in [2.45, 2.75) is 18.9 Å². The summed E-state index contributed by atoms with van der Waals surface area (Å²) >= 11 is 0. The molecule has 5 rings (SSSR count). The number of benzene rings is 1. The van der Waals surface area contributed by atoms with Crippen LogP contribution in [0.5, 0.6) is 0 Å². The van der Waals surface area contributed by atoms with Crippen molar-refractivity contribution in [1.82, 2.24) is 14.8 Å². The molecule has 0 aliphatic carbocycles. The van der Waals surface area contributed by atoms with Crippen LogP contribution in [0.15, 0.2) is 36.4 Å². The second kappa shape index (κ2) is 6.56. The zero-order chi connectivity index (χ0) is 17.4. The minimum atomic E-state index is 0.0391. The SMILES string of the molecule is CNc1cccc(-c2ccc(C(=O)N[C@H]3CN4CCC3CC4)n2C)c1. The van der Waals surface area contributed by atoms with E-state index in [9.17, 15) is 4.79 Å². The van der Waals surface area contributed by atoms with Gasteiger partial charge in [-0.15, -0.1) is 0 Å². The first-order valence-corrected chi connectivity index (χ1v) is 9.13. The molecule has 2 aromatic rings. The number of nitrogens with zero attached hydrogens (tertiary/aromatic N) is 2. The Morgan fingerprint density at radius 3 is 2.64 bits per heavy atom. The number of fused-ring (bicyclic) bond motifs is 3. The van der Waals surface area contributed by atoms with Crippen LogP contribution in [0, 0.1) is 5.92 Å².